The fourth-order valence-corrected chi connectivity index (χ4v) is 3.70. The zero-order chi connectivity index (χ0) is 17.4. The van der Waals surface area contributed by atoms with Gasteiger partial charge in [-0.05, 0) is 35.2 Å². The Balaban J connectivity index is 1.60. The van der Waals surface area contributed by atoms with Crippen molar-refractivity contribution in [3.63, 3.8) is 0 Å². The van der Waals surface area contributed by atoms with E-state index in [1.165, 1.54) is 4.90 Å². The van der Waals surface area contributed by atoms with E-state index in [0.717, 1.165) is 28.8 Å². The fourth-order valence-electron chi connectivity index (χ4n) is 3.70. The van der Waals surface area contributed by atoms with Crippen molar-refractivity contribution >= 4 is 11.6 Å². The average Bonchev–Trinajstić information content (AvgIpc) is 3.25. The summed E-state index contributed by atoms with van der Waals surface area (Å²) in [5.41, 5.74) is 2.11. The summed E-state index contributed by atoms with van der Waals surface area (Å²) in [6, 6.07) is 16.0. The second kappa shape index (κ2) is 5.89. The molecule has 2 aromatic rings. The predicted octanol–water partition coefficient (Wildman–Crippen LogP) is 3.14. The summed E-state index contributed by atoms with van der Waals surface area (Å²) in [6.45, 7) is 0.646. The highest BCUT2D eigenvalue weighted by Crippen LogP contribution is 2.36. The van der Waals surface area contributed by atoms with Crippen LogP contribution in [0, 0.1) is 11.5 Å². The lowest BCUT2D eigenvalue weighted by molar-refractivity contribution is -0.129. The number of rotatable bonds is 2. The molecule has 2 aliphatic heterocycles. The average molecular weight is 335 g/mol. The van der Waals surface area contributed by atoms with Crippen LogP contribution in [0.25, 0.3) is 11.1 Å². The van der Waals surface area contributed by atoms with Crippen LogP contribution in [0.4, 0.5) is 10.1 Å². The number of nitrogens with zero attached hydrogens (tertiary/aromatic N) is 3. The molecule has 4 rings (SSSR count). The lowest BCUT2D eigenvalue weighted by Gasteiger charge is -2.25. The molecular weight excluding hydrogens is 317 g/mol. The number of amides is 1. The van der Waals surface area contributed by atoms with E-state index in [2.05, 4.69) is 6.07 Å². The smallest absolute Gasteiger partial charge is 0.266 e. The maximum Gasteiger partial charge on any atom is 0.266 e. The molecule has 2 heterocycles. The van der Waals surface area contributed by atoms with Gasteiger partial charge in [0, 0.05) is 25.2 Å². The third-order valence-electron chi connectivity index (χ3n) is 5.07. The van der Waals surface area contributed by atoms with E-state index in [9.17, 15) is 4.79 Å². The Hall–Kier alpha value is -2.87. The number of fused-ring (bicyclic) bond motifs is 1. The van der Waals surface area contributed by atoms with Crippen LogP contribution in [0.15, 0.2) is 48.5 Å². The molecule has 1 saturated heterocycles. The van der Waals surface area contributed by atoms with E-state index < -0.39 is 11.6 Å². The van der Waals surface area contributed by atoms with Gasteiger partial charge in [0.15, 0.2) is 6.19 Å². The van der Waals surface area contributed by atoms with Crippen LogP contribution in [-0.2, 0) is 11.2 Å². The molecule has 0 radical (unpaired) electrons. The zero-order valence-electron chi connectivity index (χ0n) is 13.8. The molecular formula is C20H18FN3O. The number of anilines is 1. The first kappa shape index (κ1) is 15.6. The maximum absolute atomic E-state index is 15.0. The van der Waals surface area contributed by atoms with Gasteiger partial charge in [0.1, 0.15) is 0 Å². The van der Waals surface area contributed by atoms with Gasteiger partial charge >= 0.3 is 0 Å². The van der Waals surface area contributed by atoms with Crippen LogP contribution in [0.3, 0.4) is 0 Å². The summed E-state index contributed by atoms with van der Waals surface area (Å²) in [4.78, 5) is 15.6. The molecule has 0 spiro atoms. The molecule has 5 heteroatoms. The number of nitriles is 1. The molecule has 1 atom stereocenters. The Bertz CT molecular complexity index is 861. The summed E-state index contributed by atoms with van der Waals surface area (Å²) in [6.07, 6.45) is 2.73. The summed E-state index contributed by atoms with van der Waals surface area (Å²) in [7, 11) is 0. The fraction of sp³-hybridized carbons (Fsp3) is 0.300. The van der Waals surface area contributed by atoms with Gasteiger partial charge in [0.2, 0.25) is 5.67 Å². The second-order valence-electron chi connectivity index (χ2n) is 6.65. The Morgan fingerprint density at radius 2 is 1.92 bits per heavy atom. The van der Waals surface area contributed by atoms with Crippen molar-refractivity contribution < 1.29 is 9.18 Å². The zero-order valence-corrected chi connectivity index (χ0v) is 13.8. The highest BCUT2D eigenvalue weighted by atomic mass is 19.1. The monoisotopic (exact) mass is 335 g/mol. The number of hydrogen-bond acceptors (Lipinski definition) is 3. The van der Waals surface area contributed by atoms with Crippen molar-refractivity contribution in [1.29, 1.82) is 5.26 Å². The Kier molecular flexibility index (Phi) is 3.69. The molecule has 2 aromatic carbocycles. The number of carbonyl (C=O) groups excluding carboxylic acids is 1. The van der Waals surface area contributed by atoms with Gasteiger partial charge in [-0.25, -0.2) is 4.39 Å². The van der Waals surface area contributed by atoms with E-state index in [4.69, 9.17) is 5.26 Å². The standard InChI is InChI=1S/C20H18FN3O/c21-20(9-11-23(13-20)14-22)19(25)24-10-8-17-12-16(6-7-18(17)24)15-4-2-1-3-5-15/h1-7,12H,8-11,13H2. The number of halogens is 1. The molecule has 0 aromatic heterocycles. The van der Waals surface area contributed by atoms with E-state index in [1.54, 1.807) is 4.90 Å². The Morgan fingerprint density at radius 3 is 2.64 bits per heavy atom. The molecule has 4 nitrogen and oxygen atoms in total. The third kappa shape index (κ3) is 2.64. The highest BCUT2D eigenvalue weighted by molar-refractivity contribution is 6.01. The first-order chi connectivity index (χ1) is 12.1. The van der Waals surface area contributed by atoms with Crippen molar-refractivity contribution in [2.75, 3.05) is 24.5 Å². The predicted molar refractivity (Wildman–Crippen MR) is 93.6 cm³/mol. The van der Waals surface area contributed by atoms with E-state index in [-0.39, 0.29) is 13.0 Å². The van der Waals surface area contributed by atoms with Crippen LogP contribution in [0.1, 0.15) is 12.0 Å². The van der Waals surface area contributed by atoms with Crippen molar-refractivity contribution in [1.82, 2.24) is 4.90 Å². The first-order valence-corrected chi connectivity index (χ1v) is 8.45. The lowest BCUT2D eigenvalue weighted by atomic mass is 10.0. The Morgan fingerprint density at radius 1 is 1.12 bits per heavy atom. The van der Waals surface area contributed by atoms with Gasteiger partial charge in [-0.1, -0.05) is 36.4 Å². The van der Waals surface area contributed by atoms with Gasteiger partial charge in [-0.3, -0.25) is 4.79 Å². The molecule has 1 amide bonds. The summed E-state index contributed by atoms with van der Waals surface area (Å²) >= 11 is 0. The number of likely N-dealkylation sites (tertiary alicyclic amines) is 1. The third-order valence-corrected chi connectivity index (χ3v) is 5.07. The summed E-state index contributed by atoms with van der Waals surface area (Å²) in [5.74, 6) is -0.517. The van der Waals surface area contributed by atoms with Crippen LogP contribution >= 0.6 is 0 Å². The SMILES string of the molecule is N#CN1CCC(F)(C(=O)N2CCc3cc(-c4ccccc4)ccc32)C1. The largest absolute Gasteiger partial charge is 0.309 e. The minimum absolute atomic E-state index is 0.0767. The quantitative estimate of drug-likeness (QED) is 0.792. The van der Waals surface area contributed by atoms with E-state index in [0.29, 0.717) is 13.1 Å². The Labute approximate surface area is 146 Å². The molecule has 126 valence electrons. The molecule has 1 unspecified atom stereocenters. The number of alkyl halides is 1. The van der Waals surface area contributed by atoms with Crippen LogP contribution < -0.4 is 4.90 Å². The van der Waals surface area contributed by atoms with E-state index >= 15 is 4.39 Å². The number of carbonyl (C=O) groups is 1. The van der Waals surface area contributed by atoms with Crippen molar-refractivity contribution in [2.24, 2.45) is 0 Å². The molecule has 0 N–H and O–H groups in total. The second-order valence-corrected chi connectivity index (χ2v) is 6.65. The molecule has 2 aliphatic rings. The molecule has 0 bridgehead atoms. The van der Waals surface area contributed by atoms with Crippen molar-refractivity contribution in [2.45, 2.75) is 18.5 Å². The van der Waals surface area contributed by atoms with Crippen LogP contribution in [0.2, 0.25) is 0 Å². The summed E-state index contributed by atoms with van der Waals surface area (Å²) in [5, 5.41) is 8.93. The van der Waals surface area contributed by atoms with Crippen molar-refractivity contribution in [3.05, 3.63) is 54.1 Å². The summed E-state index contributed by atoms with van der Waals surface area (Å²) < 4.78 is 15.0. The van der Waals surface area contributed by atoms with Gasteiger partial charge in [-0.15, -0.1) is 0 Å². The lowest BCUT2D eigenvalue weighted by Crippen LogP contribution is -2.47. The van der Waals surface area contributed by atoms with Crippen LogP contribution in [0.5, 0.6) is 0 Å². The maximum atomic E-state index is 15.0. The number of hydrogen-bond donors (Lipinski definition) is 0. The van der Waals surface area contributed by atoms with Gasteiger partial charge in [0.25, 0.3) is 5.91 Å². The van der Waals surface area contributed by atoms with Gasteiger partial charge < -0.3 is 9.80 Å². The molecule has 1 fully saturated rings. The molecule has 0 aliphatic carbocycles. The highest BCUT2D eigenvalue weighted by Gasteiger charge is 2.48. The van der Waals surface area contributed by atoms with Crippen molar-refractivity contribution in [3.8, 4) is 17.3 Å². The minimum Gasteiger partial charge on any atom is -0.309 e. The normalized spacial score (nSPS) is 21.9. The van der Waals surface area contributed by atoms with E-state index in [1.807, 2.05) is 48.7 Å². The number of benzene rings is 2. The molecule has 0 saturated carbocycles. The first-order valence-electron chi connectivity index (χ1n) is 8.45. The topological polar surface area (TPSA) is 47.3 Å². The van der Waals surface area contributed by atoms with Gasteiger partial charge in [-0.2, -0.15) is 5.26 Å². The molecule has 25 heavy (non-hydrogen) atoms. The van der Waals surface area contributed by atoms with Crippen LogP contribution in [-0.4, -0.2) is 36.1 Å². The minimum atomic E-state index is -1.96. The van der Waals surface area contributed by atoms with Gasteiger partial charge in [0.05, 0.1) is 6.54 Å².